The average molecular weight is 422 g/mol. The van der Waals surface area contributed by atoms with Crippen molar-refractivity contribution in [2.75, 3.05) is 13.2 Å². The molecule has 0 N–H and O–H groups in total. The van der Waals surface area contributed by atoms with Crippen LogP contribution in [0.5, 0.6) is 6.01 Å². The summed E-state index contributed by atoms with van der Waals surface area (Å²) in [4.78, 5) is 21.0. The SMILES string of the molecule is Cc1c(CS(=O)(=O)C(C)C)nc(OC2CCOC2)nc1-c1cc(C)c(=O)n(C)c1. The van der Waals surface area contributed by atoms with Crippen molar-refractivity contribution in [3.05, 3.63) is 39.4 Å². The molecular formula is C20H27N3O5S. The molecule has 2 aromatic rings. The highest BCUT2D eigenvalue weighted by Gasteiger charge is 2.24. The summed E-state index contributed by atoms with van der Waals surface area (Å²) < 4.78 is 37.8. The largest absolute Gasteiger partial charge is 0.458 e. The third-order valence-electron chi connectivity index (χ3n) is 5.08. The number of pyridine rings is 1. The Bertz CT molecular complexity index is 1040. The molecule has 0 bridgehead atoms. The Kier molecular flexibility index (Phi) is 6.09. The standard InChI is InChI=1S/C20H27N3O5S/c1-12(2)29(25,26)11-17-14(4)18(15-8-13(3)19(24)23(5)9-15)22-20(21-17)28-16-6-7-27-10-16/h8-9,12,16H,6-7,10-11H2,1-5H3. The lowest BCUT2D eigenvalue weighted by molar-refractivity contribution is 0.134. The van der Waals surface area contributed by atoms with Crippen LogP contribution in [0.2, 0.25) is 0 Å². The van der Waals surface area contributed by atoms with Crippen molar-refractivity contribution in [1.82, 2.24) is 14.5 Å². The lowest BCUT2D eigenvalue weighted by Gasteiger charge is -2.17. The number of nitrogens with zero attached hydrogens (tertiary/aromatic N) is 3. The zero-order valence-corrected chi connectivity index (χ0v) is 18.2. The summed E-state index contributed by atoms with van der Waals surface area (Å²) in [5.41, 5.74) is 2.81. The minimum atomic E-state index is -3.37. The Morgan fingerprint density at radius 3 is 2.62 bits per heavy atom. The highest BCUT2D eigenvalue weighted by molar-refractivity contribution is 7.91. The molecular weight excluding hydrogens is 394 g/mol. The Morgan fingerprint density at radius 1 is 1.31 bits per heavy atom. The van der Waals surface area contributed by atoms with Crippen molar-refractivity contribution in [3.8, 4) is 17.3 Å². The minimum Gasteiger partial charge on any atom is -0.458 e. The van der Waals surface area contributed by atoms with E-state index in [2.05, 4.69) is 9.97 Å². The van der Waals surface area contributed by atoms with E-state index in [1.165, 1.54) is 4.57 Å². The van der Waals surface area contributed by atoms with Crippen molar-refractivity contribution < 1.29 is 17.9 Å². The van der Waals surface area contributed by atoms with E-state index in [1.54, 1.807) is 47.0 Å². The first-order valence-electron chi connectivity index (χ1n) is 9.59. The van der Waals surface area contributed by atoms with Gasteiger partial charge in [0.15, 0.2) is 9.84 Å². The number of aromatic nitrogens is 3. The maximum Gasteiger partial charge on any atom is 0.317 e. The maximum absolute atomic E-state index is 12.5. The highest BCUT2D eigenvalue weighted by atomic mass is 32.2. The Hall–Kier alpha value is -2.26. The fourth-order valence-corrected chi connectivity index (χ4v) is 4.13. The summed E-state index contributed by atoms with van der Waals surface area (Å²) in [7, 11) is -1.69. The first-order valence-corrected chi connectivity index (χ1v) is 11.3. The monoisotopic (exact) mass is 421 g/mol. The molecule has 1 unspecified atom stereocenters. The van der Waals surface area contributed by atoms with Crippen LogP contribution < -0.4 is 10.3 Å². The van der Waals surface area contributed by atoms with Gasteiger partial charge in [0.2, 0.25) is 0 Å². The van der Waals surface area contributed by atoms with Gasteiger partial charge in [-0.1, -0.05) is 0 Å². The van der Waals surface area contributed by atoms with E-state index in [0.717, 1.165) is 6.42 Å². The Balaban J connectivity index is 2.13. The normalized spacial score (nSPS) is 17.1. The summed E-state index contributed by atoms with van der Waals surface area (Å²) >= 11 is 0. The van der Waals surface area contributed by atoms with Crippen molar-refractivity contribution in [2.45, 2.75) is 51.2 Å². The van der Waals surface area contributed by atoms with Crippen LogP contribution in [-0.4, -0.2) is 47.5 Å². The quantitative estimate of drug-likeness (QED) is 0.703. The van der Waals surface area contributed by atoms with Gasteiger partial charge in [0.1, 0.15) is 6.10 Å². The van der Waals surface area contributed by atoms with E-state index in [9.17, 15) is 13.2 Å². The predicted octanol–water partition coefficient (Wildman–Crippen LogP) is 1.95. The van der Waals surface area contributed by atoms with Crippen LogP contribution in [0.4, 0.5) is 0 Å². The summed E-state index contributed by atoms with van der Waals surface area (Å²) in [6.45, 7) is 7.89. The first-order chi connectivity index (χ1) is 13.6. The molecule has 0 radical (unpaired) electrons. The summed E-state index contributed by atoms with van der Waals surface area (Å²) in [5, 5.41) is -0.521. The zero-order valence-electron chi connectivity index (χ0n) is 17.4. The fraction of sp³-hybridized carbons (Fsp3) is 0.550. The van der Waals surface area contributed by atoms with Crippen molar-refractivity contribution in [1.29, 1.82) is 0 Å². The van der Waals surface area contributed by atoms with Crippen LogP contribution in [-0.2, 0) is 27.4 Å². The summed E-state index contributed by atoms with van der Waals surface area (Å²) in [6.07, 6.45) is 2.25. The Morgan fingerprint density at radius 2 is 2.03 bits per heavy atom. The molecule has 1 fully saturated rings. The van der Waals surface area contributed by atoms with Crippen LogP contribution in [0.1, 0.15) is 37.1 Å². The van der Waals surface area contributed by atoms with Gasteiger partial charge in [0.25, 0.3) is 5.56 Å². The number of aryl methyl sites for hydroxylation is 2. The molecule has 1 saturated heterocycles. The molecule has 2 aromatic heterocycles. The molecule has 0 aromatic carbocycles. The number of sulfone groups is 1. The van der Waals surface area contributed by atoms with Gasteiger partial charge in [0.05, 0.1) is 35.6 Å². The Labute approximate surface area is 170 Å². The second kappa shape index (κ2) is 8.23. The van der Waals surface area contributed by atoms with Crippen molar-refractivity contribution in [2.24, 2.45) is 7.05 Å². The second-order valence-corrected chi connectivity index (χ2v) is 10.3. The zero-order chi connectivity index (χ0) is 21.3. The molecule has 0 aliphatic carbocycles. The van der Waals surface area contributed by atoms with Crippen LogP contribution in [0.3, 0.4) is 0 Å². The van der Waals surface area contributed by atoms with Gasteiger partial charge in [0, 0.05) is 30.8 Å². The fourth-order valence-electron chi connectivity index (χ4n) is 3.13. The molecule has 9 heteroatoms. The average Bonchev–Trinajstić information content (AvgIpc) is 3.14. The second-order valence-electron chi connectivity index (χ2n) is 7.71. The van der Waals surface area contributed by atoms with Gasteiger partial charge in [-0.25, -0.2) is 8.42 Å². The third-order valence-corrected chi connectivity index (χ3v) is 7.19. The van der Waals surface area contributed by atoms with E-state index >= 15 is 0 Å². The first kappa shape index (κ1) is 21.4. The van der Waals surface area contributed by atoms with E-state index in [-0.39, 0.29) is 23.4 Å². The molecule has 1 aliphatic rings. The molecule has 8 nitrogen and oxygen atoms in total. The lowest BCUT2D eigenvalue weighted by Crippen LogP contribution is -2.21. The molecule has 3 heterocycles. The van der Waals surface area contributed by atoms with Gasteiger partial charge in [-0.3, -0.25) is 4.79 Å². The van der Waals surface area contributed by atoms with Crippen LogP contribution in [0.25, 0.3) is 11.3 Å². The predicted molar refractivity (Wildman–Crippen MR) is 110 cm³/mol. The van der Waals surface area contributed by atoms with Gasteiger partial charge in [-0.15, -0.1) is 0 Å². The highest BCUT2D eigenvalue weighted by Crippen LogP contribution is 2.27. The molecule has 158 valence electrons. The van der Waals surface area contributed by atoms with Gasteiger partial charge < -0.3 is 14.0 Å². The molecule has 1 aliphatic heterocycles. The van der Waals surface area contributed by atoms with E-state index in [1.807, 2.05) is 0 Å². The lowest BCUT2D eigenvalue weighted by atomic mass is 10.1. The topological polar surface area (TPSA) is 100 Å². The summed E-state index contributed by atoms with van der Waals surface area (Å²) in [6, 6.07) is 1.88. The molecule has 0 spiro atoms. The molecule has 0 saturated carbocycles. The van der Waals surface area contributed by atoms with Crippen LogP contribution in [0.15, 0.2) is 17.1 Å². The van der Waals surface area contributed by atoms with Gasteiger partial charge in [-0.2, -0.15) is 9.97 Å². The van der Waals surface area contributed by atoms with Crippen LogP contribution >= 0.6 is 0 Å². The smallest absolute Gasteiger partial charge is 0.317 e. The third kappa shape index (κ3) is 4.67. The molecule has 0 amide bonds. The van der Waals surface area contributed by atoms with Crippen LogP contribution in [0, 0.1) is 13.8 Å². The minimum absolute atomic E-state index is 0.0948. The number of rotatable bonds is 6. The van der Waals surface area contributed by atoms with Crippen molar-refractivity contribution in [3.63, 3.8) is 0 Å². The van der Waals surface area contributed by atoms with E-state index < -0.39 is 15.1 Å². The van der Waals surface area contributed by atoms with Gasteiger partial charge in [-0.05, 0) is 39.3 Å². The molecule has 29 heavy (non-hydrogen) atoms. The molecule has 3 rings (SSSR count). The number of ether oxygens (including phenoxy) is 2. The summed E-state index contributed by atoms with van der Waals surface area (Å²) in [5.74, 6) is -0.200. The number of hydrogen-bond acceptors (Lipinski definition) is 7. The van der Waals surface area contributed by atoms with E-state index in [0.29, 0.717) is 41.3 Å². The van der Waals surface area contributed by atoms with E-state index in [4.69, 9.17) is 9.47 Å². The van der Waals surface area contributed by atoms with Gasteiger partial charge >= 0.3 is 6.01 Å². The number of hydrogen-bond donors (Lipinski definition) is 0. The van der Waals surface area contributed by atoms with Crippen molar-refractivity contribution >= 4 is 9.84 Å². The molecule has 1 atom stereocenters. The maximum atomic E-state index is 12.5.